The molecule has 2 aromatic rings. The molecule has 0 atom stereocenters. The molecule has 0 fully saturated rings. The Kier molecular flexibility index (Phi) is 7.16. The fraction of sp³-hybridized carbons (Fsp3) is 0.300. The number of Topliss-reactive ketones (excluding diaryl/α,β-unsaturated/α-hetero) is 2. The predicted octanol–water partition coefficient (Wildman–Crippen LogP) is 3.07. The van der Waals surface area contributed by atoms with Gasteiger partial charge in [0, 0.05) is 35.3 Å². The molecule has 0 unspecified atom stereocenters. The van der Waals surface area contributed by atoms with E-state index in [0.29, 0.717) is 35.3 Å². The number of nitrogen functional groups attached to an aromatic ring is 2. The van der Waals surface area contributed by atoms with Crippen molar-refractivity contribution in [3.05, 3.63) is 59.7 Å². The average Bonchev–Trinajstić information content (AvgIpc) is 2.61. The van der Waals surface area contributed by atoms with Crippen LogP contribution in [0.2, 0.25) is 0 Å². The molecule has 2 aromatic carbocycles. The number of hydrogen-bond donors (Lipinski definition) is 3. The van der Waals surface area contributed by atoms with Crippen molar-refractivity contribution in [3.8, 4) is 0 Å². The minimum atomic E-state index is 0.125. The Hall–Kier alpha value is -2.66. The molecule has 5 heteroatoms. The molecule has 0 aromatic heterocycles. The van der Waals surface area contributed by atoms with Crippen LogP contribution in [0.15, 0.2) is 48.5 Å². The second kappa shape index (κ2) is 9.59. The summed E-state index contributed by atoms with van der Waals surface area (Å²) >= 11 is 0. The SMILES string of the molecule is Nc1ccc(C(=O)CCCNCCCC(=O)c2ccc(N)cc2)cc1. The van der Waals surface area contributed by atoms with Crippen LogP contribution in [0.1, 0.15) is 46.4 Å². The molecule has 0 heterocycles. The molecule has 0 aliphatic carbocycles. The van der Waals surface area contributed by atoms with Crippen LogP contribution >= 0.6 is 0 Å². The maximum atomic E-state index is 12.0. The van der Waals surface area contributed by atoms with E-state index in [1.807, 2.05) is 0 Å². The molecule has 0 aliphatic rings. The van der Waals surface area contributed by atoms with E-state index in [2.05, 4.69) is 5.32 Å². The highest BCUT2D eigenvalue weighted by Gasteiger charge is 2.06. The van der Waals surface area contributed by atoms with E-state index in [0.717, 1.165) is 25.9 Å². The first-order valence-corrected chi connectivity index (χ1v) is 8.54. The number of rotatable bonds is 10. The van der Waals surface area contributed by atoms with Crippen LogP contribution in [0.25, 0.3) is 0 Å². The Morgan fingerprint density at radius 1 is 0.680 bits per heavy atom. The number of nitrogens with two attached hydrogens (primary N) is 2. The predicted molar refractivity (Wildman–Crippen MR) is 102 cm³/mol. The van der Waals surface area contributed by atoms with E-state index in [9.17, 15) is 9.59 Å². The zero-order valence-electron chi connectivity index (χ0n) is 14.3. The molecule has 2 rings (SSSR count). The zero-order valence-corrected chi connectivity index (χ0v) is 14.3. The van der Waals surface area contributed by atoms with E-state index in [1.165, 1.54) is 0 Å². The zero-order chi connectivity index (χ0) is 18.1. The topological polar surface area (TPSA) is 98.2 Å². The van der Waals surface area contributed by atoms with Gasteiger partial charge in [0.2, 0.25) is 0 Å². The van der Waals surface area contributed by atoms with Gasteiger partial charge >= 0.3 is 0 Å². The second-order valence-corrected chi connectivity index (χ2v) is 6.05. The van der Waals surface area contributed by atoms with Crippen LogP contribution in [0.5, 0.6) is 0 Å². The van der Waals surface area contributed by atoms with Crippen molar-refractivity contribution in [2.45, 2.75) is 25.7 Å². The number of carbonyl (C=O) groups excluding carboxylic acids is 2. The third kappa shape index (κ3) is 6.39. The summed E-state index contributed by atoms with van der Waals surface area (Å²) in [5, 5.41) is 3.27. The number of benzene rings is 2. The van der Waals surface area contributed by atoms with E-state index < -0.39 is 0 Å². The first-order chi connectivity index (χ1) is 12.1. The highest BCUT2D eigenvalue weighted by atomic mass is 16.1. The Morgan fingerprint density at radius 3 is 1.40 bits per heavy atom. The summed E-state index contributed by atoms with van der Waals surface area (Å²) in [5.74, 6) is 0.251. The molecule has 0 saturated heterocycles. The van der Waals surface area contributed by atoms with Crippen LogP contribution in [0.3, 0.4) is 0 Å². The molecule has 25 heavy (non-hydrogen) atoms. The number of carbonyl (C=O) groups is 2. The van der Waals surface area contributed by atoms with Gasteiger partial charge in [-0.05, 0) is 74.5 Å². The summed E-state index contributed by atoms with van der Waals surface area (Å²) in [6, 6.07) is 14.0. The van der Waals surface area contributed by atoms with Gasteiger partial charge in [0.1, 0.15) is 0 Å². The van der Waals surface area contributed by atoms with Gasteiger partial charge in [-0.15, -0.1) is 0 Å². The summed E-state index contributed by atoms with van der Waals surface area (Å²) in [5.41, 5.74) is 13.9. The summed E-state index contributed by atoms with van der Waals surface area (Å²) in [4.78, 5) is 24.0. The largest absolute Gasteiger partial charge is 0.399 e. The normalized spacial score (nSPS) is 10.6. The van der Waals surface area contributed by atoms with E-state index in [4.69, 9.17) is 11.5 Å². The monoisotopic (exact) mass is 339 g/mol. The summed E-state index contributed by atoms with van der Waals surface area (Å²) in [6.07, 6.45) is 2.55. The lowest BCUT2D eigenvalue weighted by Gasteiger charge is -2.05. The number of ketones is 2. The van der Waals surface area contributed by atoms with Crippen molar-refractivity contribution in [2.24, 2.45) is 0 Å². The van der Waals surface area contributed by atoms with Gasteiger partial charge in [-0.3, -0.25) is 9.59 Å². The molecular weight excluding hydrogens is 314 g/mol. The van der Waals surface area contributed by atoms with Crippen molar-refractivity contribution in [2.75, 3.05) is 24.6 Å². The minimum Gasteiger partial charge on any atom is -0.399 e. The Labute approximate surface area is 148 Å². The van der Waals surface area contributed by atoms with E-state index in [-0.39, 0.29) is 11.6 Å². The molecule has 0 spiro atoms. The first-order valence-electron chi connectivity index (χ1n) is 8.54. The minimum absolute atomic E-state index is 0.125. The maximum Gasteiger partial charge on any atom is 0.162 e. The van der Waals surface area contributed by atoms with Crippen molar-refractivity contribution in [1.29, 1.82) is 0 Å². The van der Waals surface area contributed by atoms with Gasteiger partial charge in [0.25, 0.3) is 0 Å². The van der Waals surface area contributed by atoms with Gasteiger partial charge < -0.3 is 16.8 Å². The summed E-state index contributed by atoms with van der Waals surface area (Å²) in [7, 11) is 0. The lowest BCUT2D eigenvalue weighted by Crippen LogP contribution is -2.18. The molecule has 0 saturated carbocycles. The first kappa shape index (κ1) is 18.7. The fourth-order valence-electron chi connectivity index (χ4n) is 2.50. The molecule has 5 nitrogen and oxygen atoms in total. The number of anilines is 2. The van der Waals surface area contributed by atoms with Crippen LogP contribution < -0.4 is 16.8 Å². The van der Waals surface area contributed by atoms with Crippen LogP contribution in [0, 0.1) is 0 Å². The van der Waals surface area contributed by atoms with Crippen molar-refractivity contribution in [3.63, 3.8) is 0 Å². The molecular formula is C20H25N3O2. The van der Waals surface area contributed by atoms with Crippen LogP contribution in [-0.2, 0) is 0 Å². The van der Waals surface area contributed by atoms with Crippen molar-refractivity contribution in [1.82, 2.24) is 5.32 Å². The Balaban J connectivity index is 1.56. The third-order valence-corrected chi connectivity index (χ3v) is 3.98. The van der Waals surface area contributed by atoms with Crippen molar-refractivity contribution < 1.29 is 9.59 Å². The van der Waals surface area contributed by atoms with Crippen LogP contribution in [0.4, 0.5) is 11.4 Å². The van der Waals surface area contributed by atoms with Crippen LogP contribution in [-0.4, -0.2) is 24.7 Å². The second-order valence-electron chi connectivity index (χ2n) is 6.05. The van der Waals surface area contributed by atoms with Crippen molar-refractivity contribution >= 4 is 22.9 Å². The number of hydrogen-bond acceptors (Lipinski definition) is 5. The van der Waals surface area contributed by atoms with Gasteiger partial charge in [-0.25, -0.2) is 0 Å². The molecule has 0 radical (unpaired) electrons. The van der Waals surface area contributed by atoms with E-state index in [1.54, 1.807) is 48.5 Å². The van der Waals surface area contributed by atoms with Gasteiger partial charge in [-0.1, -0.05) is 0 Å². The highest BCUT2D eigenvalue weighted by molar-refractivity contribution is 5.96. The molecule has 132 valence electrons. The maximum absolute atomic E-state index is 12.0. The molecule has 0 bridgehead atoms. The standard InChI is InChI=1S/C20H25N3O2/c21-17-9-5-15(6-10-17)19(24)3-1-13-23-14-2-4-20(25)16-7-11-18(22)12-8-16/h5-12,23H,1-4,13-14,21-22H2. The molecule has 5 N–H and O–H groups in total. The molecule has 0 amide bonds. The lowest BCUT2D eigenvalue weighted by atomic mass is 10.1. The van der Waals surface area contributed by atoms with E-state index >= 15 is 0 Å². The fourth-order valence-corrected chi connectivity index (χ4v) is 2.50. The van der Waals surface area contributed by atoms with Gasteiger partial charge in [0.05, 0.1) is 0 Å². The van der Waals surface area contributed by atoms with Gasteiger partial charge in [0.15, 0.2) is 11.6 Å². The quantitative estimate of drug-likeness (QED) is 0.351. The number of nitrogens with one attached hydrogen (secondary N) is 1. The Morgan fingerprint density at radius 2 is 1.04 bits per heavy atom. The smallest absolute Gasteiger partial charge is 0.162 e. The van der Waals surface area contributed by atoms with Gasteiger partial charge in [-0.2, -0.15) is 0 Å². The molecule has 0 aliphatic heterocycles. The summed E-state index contributed by atoms with van der Waals surface area (Å²) in [6.45, 7) is 1.52. The highest BCUT2D eigenvalue weighted by Crippen LogP contribution is 2.10. The summed E-state index contributed by atoms with van der Waals surface area (Å²) < 4.78 is 0. The Bertz CT molecular complexity index is 632. The third-order valence-electron chi connectivity index (χ3n) is 3.98. The average molecular weight is 339 g/mol. The lowest BCUT2D eigenvalue weighted by molar-refractivity contribution is 0.0974.